The van der Waals surface area contributed by atoms with Crippen molar-refractivity contribution in [3.63, 3.8) is 0 Å². The number of rotatable bonds is 2. The monoisotopic (exact) mass is 186 g/mol. The van der Waals surface area contributed by atoms with Gasteiger partial charge in [-0.25, -0.2) is 10.0 Å². The zero-order valence-corrected chi connectivity index (χ0v) is 8.11. The van der Waals surface area contributed by atoms with Crippen LogP contribution in [0.2, 0.25) is 0 Å². The fourth-order valence-corrected chi connectivity index (χ4v) is 1.32. The molecule has 0 aliphatic carbocycles. The minimum absolute atomic E-state index is 0.0689. The first-order chi connectivity index (χ1) is 6.06. The van der Waals surface area contributed by atoms with Gasteiger partial charge in [-0.2, -0.15) is 0 Å². The molecule has 0 aromatic rings. The van der Waals surface area contributed by atoms with Crippen LogP contribution < -0.4 is 0 Å². The summed E-state index contributed by atoms with van der Waals surface area (Å²) in [4.78, 5) is 22.4. The molecule has 1 unspecified atom stereocenters. The van der Waals surface area contributed by atoms with Gasteiger partial charge in [-0.15, -0.1) is 0 Å². The van der Waals surface area contributed by atoms with E-state index < -0.39 is 11.9 Å². The number of hydrazine groups is 1. The number of carbonyl (C=O) groups is 2. The van der Waals surface area contributed by atoms with Gasteiger partial charge in [-0.05, 0) is 0 Å². The zero-order chi connectivity index (χ0) is 10.0. The van der Waals surface area contributed by atoms with Crippen LogP contribution in [0.3, 0.4) is 0 Å². The van der Waals surface area contributed by atoms with Crippen LogP contribution in [0.15, 0.2) is 0 Å². The lowest BCUT2D eigenvalue weighted by atomic mass is 10.1. The standard InChI is InChI=1S/C8H14N2O3/c1-9(2)10-4-6(7(11)5-10)8(12)13-3/h6H,4-5H2,1-3H3. The quantitative estimate of drug-likeness (QED) is 0.415. The highest BCUT2D eigenvalue weighted by Crippen LogP contribution is 2.14. The van der Waals surface area contributed by atoms with Crippen molar-refractivity contribution >= 4 is 11.8 Å². The molecule has 5 nitrogen and oxygen atoms in total. The molecule has 0 aromatic carbocycles. The number of esters is 1. The molecule has 1 fully saturated rings. The third kappa shape index (κ3) is 2.05. The van der Waals surface area contributed by atoms with Gasteiger partial charge in [0.25, 0.3) is 0 Å². The van der Waals surface area contributed by atoms with E-state index in [-0.39, 0.29) is 5.78 Å². The molecule has 0 radical (unpaired) electrons. The maximum Gasteiger partial charge on any atom is 0.317 e. The number of nitrogens with zero attached hydrogens (tertiary/aromatic N) is 2. The lowest BCUT2D eigenvalue weighted by Gasteiger charge is -2.22. The molecule has 0 amide bonds. The predicted octanol–water partition coefficient (Wildman–Crippen LogP) is -0.863. The van der Waals surface area contributed by atoms with Crippen molar-refractivity contribution in [3.05, 3.63) is 0 Å². The fourth-order valence-electron chi connectivity index (χ4n) is 1.32. The molecule has 1 heterocycles. The maximum atomic E-state index is 11.3. The number of hydrogen-bond donors (Lipinski definition) is 0. The second kappa shape index (κ2) is 3.85. The van der Waals surface area contributed by atoms with Crippen LogP contribution in [-0.4, -0.2) is 56.1 Å². The first-order valence-corrected chi connectivity index (χ1v) is 4.09. The first-order valence-electron chi connectivity index (χ1n) is 4.09. The summed E-state index contributed by atoms with van der Waals surface area (Å²) >= 11 is 0. The van der Waals surface area contributed by atoms with E-state index >= 15 is 0 Å². The molecular formula is C8H14N2O3. The molecule has 0 saturated carbocycles. The highest BCUT2D eigenvalue weighted by atomic mass is 16.5. The third-order valence-electron chi connectivity index (χ3n) is 2.17. The Labute approximate surface area is 77.2 Å². The van der Waals surface area contributed by atoms with E-state index in [0.29, 0.717) is 13.1 Å². The minimum Gasteiger partial charge on any atom is -0.468 e. The zero-order valence-electron chi connectivity index (χ0n) is 8.11. The summed E-state index contributed by atoms with van der Waals surface area (Å²) in [7, 11) is 4.98. The predicted molar refractivity (Wildman–Crippen MR) is 45.8 cm³/mol. The molecule has 1 aliphatic rings. The normalized spacial score (nSPS) is 24.0. The minimum atomic E-state index is -0.604. The third-order valence-corrected chi connectivity index (χ3v) is 2.17. The molecular weight excluding hydrogens is 172 g/mol. The number of ketones is 1. The van der Waals surface area contributed by atoms with Gasteiger partial charge in [-0.3, -0.25) is 9.59 Å². The van der Waals surface area contributed by atoms with Gasteiger partial charge in [0.05, 0.1) is 13.7 Å². The number of carbonyl (C=O) groups excluding carboxylic acids is 2. The molecule has 1 aliphatic heterocycles. The lowest BCUT2D eigenvalue weighted by molar-refractivity contribution is -0.147. The largest absolute Gasteiger partial charge is 0.468 e. The Morgan fingerprint density at radius 2 is 2.23 bits per heavy atom. The van der Waals surface area contributed by atoms with E-state index in [9.17, 15) is 9.59 Å². The maximum absolute atomic E-state index is 11.3. The number of Topliss-reactive ketones (excluding diaryl/α,β-unsaturated/α-hetero) is 1. The van der Waals surface area contributed by atoms with E-state index in [4.69, 9.17) is 0 Å². The van der Waals surface area contributed by atoms with Gasteiger partial charge in [0, 0.05) is 20.6 Å². The van der Waals surface area contributed by atoms with E-state index in [1.54, 1.807) is 5.01 Å². The molecule has 1 saturated heterocycles. The topological polar surface area (TPSA) is 49.9 Å². The van der Waals surface area contributed by atoms with Crippen molar-refractivity contribution in [2.75, 3.05) is 34.3 Å². The second-order valence-corrected chi connectivity index (χ2v) is 3.24. The summed E-state index contributed by atoms with van der Waals surface area (Å²) in [6.45, 7) is 0.727. The van der Waals surface area contributed by atoms with Crippen LogP contribution in [0, 0.1) is 5.92 Å². The van der Waals surface area contributed by atoms with E-state index in [2.05, 4.69) is 4.74 Å². The van der Waals surface area contributed by atoms with Crippen LogP contribution in [0.1, 0.15) is 0 Å². The molecule has 74 valence electrons. The van der Waals surface area contributed by atoms with Crippen LogP contribution in [0.5, 0.6) is 0 Å². The van der Waals surface area contributed by atoms with Gasteiger partial charge < -0.3 is 4.74 Å². The van der Waals surface area contributed by atoms with Crippen molar-refractivity contribution in [3.8, 4) is 0 Å². The molecule has 13 heavy (non-hydrogen) atoms. The Morgan fingerprint density at radius 3 is 2.62 bits per heavy atom. The van der Waals surface area contributed by atoms with Crippen LogP contribution in [0.4, 0.5) is 0 Å². The van der Waals surface area contributed by atoms with Gasteiger partial charge in [-0.1, -0.05) is 0 Å². The van der Waals surface area contributed by atoms with Crippen LogP contribution >= 0.6 is 0 Å². The Kier molecular flexibility index (Phi) is 3.00. The Bertz CT molecular complexity index is 227. The van der Waals surface area contributed by atoms with Gasteiger partial charge in [0.15, 0.2) is 5.78 Å². The van der Waals surface area contributed by atoms with E-state index in [1.807, 2.05) is 19.1 Å². The van der Waals surface area contributed by atoms with Gasteiger partial charge in [0.2, 0.25) is 0 Å². The fraction of sp³-hybridized carbons (Fsp3) is 0.750. The van der Waals surface area contributed by atoms with Gasteiger partial charge in [0.1, 0.15) is 5.92 Å². The summed E-state index contributed by atoms with van der Waals surface area (Å²) in [5, 5.41) is 3.62. The smallest absolute Gasteiger partial charge is 0.317 e. The highest BCUT2D eigenvalue weighted by molar-refractivity contribution is 6.01. The van der Waals surface area contributed by atoms with E-state index in [1.165, 1.54) is 7.11 Å². The van der Waals surface area contributed by atoms with Crippen molar-refractivity contribution < 1.29 is 14.3 Å². The van der Waals surface area contributed by atoms with Crippen LogP contribution in [-0.2, 0) is 14.3 Å². The number of methoxy groups -OCH3 is 1. The summed E-state index contributed by atoms with van der Waals surface area (Å²) < 4.78 is 4.53. The van der Waals surface area contributed by atoms with Crippen molar-refractivity contribution in [1.82, 2.24) is 10.0 Å². The first kappa shape index (κ1) is 10.1. The Morgan fingerprint density at radius 1 is 1.62 bits per heavy atom. The highest BCUT2D eigenvalue weighted by Gasteiger charge is 2.37. The molecule has 0 aromatic heterocycles. The van der Waals surface area contributed by atoms with Crippen LogP contribution in [0.25, 0.3) is 0 Å². The summed E-state index contributed by atoms with van der Waals surface area (Å²) in [5.41, 5.74) is 0. The summed E-state index contributed by atoms with van der Waals surface area (Å²) in [6.07, 6.45) is 0. The average Bonchev–Trinajstić information content (AvgIpc) is 2.46. The molecule has 0 spiro atoms. The average molecular weight is 186 g/mol. The van der Waals surface area contributed by atoms with Crippen molar-refractivity contribution in [1.29, 1.82) is 0 Å². The SMILES string of the molecule is COC(=O)C1CN(N(C)C)CC1=O. The van der Waals surface area contributed by atoms with Crippen molar-refractivity contribution in [2.24, 2.45) is 5.92 Å². The Balaban J connectivity index is 2.61. The summed E-state index contributed by atoms with van der Waals surface area (Å²) in [5.74, 6) is -1.11. The Hall–Kier alpha value is -0.940. The molecule has 5 heteroatoms. The van der Waals surface area contributed by atoms with Crippen molar-refractivity contribution in [2.45, 2.75) is 0 Å². The molecule has 0 N–H and O–H groups in total. The molecule has 1 atom stereocenters. The molecule has 1 rings (SSSR count). The summed E-state index contributed by atoms with van der Waals surface area (Å²) in [6, 6.07) is 0. The number of ether oxygens (including phenoxy) is 1. The lowest BCUT2D eigenvalue weighted by Crippen LogP contribution is -2.35. The molecule has 0 bridgehead atoms. The second-order valence-electron chi connectivity index (χ2n) is 3.24. The van der Waals surface area contributed by atoms with E-state index in [0.717, 1.165) is 0 Å². The van der Waals surface area contributed by atoms with Gasteiger partial charge >= 0.3 is 5.97 Å². The number of hydrogen-bond acceptors (Lipinski definition) is 5.